The number of para-hydroxylation sites is 1. The number of ether oxygens (including phenoxy) is 1. The van der Waals surface area contributed by atoms with Crippen LogP contribution < -0.4 is 10.6 Å². The molecule has 0 saturated heterocycles. The summed E-state index contributed by atoms with van der Waals surface area (Å²) in [5, 5.41) is 8.39. The molecule has 0 aliphatic rings. The molecule has 8 heteroatoms. The Labute approximate surface area is 155 Å². The Balaban J connectivity index is 1.80. The minimum atomic E-state index is -0.739. The van der Waals surface area contributed by atoms with E-state index >= 15 is 0 Å². The molecular weight excluding hydrogens is 352 g/mol. The molecule has 3 aromatic rings. The van der Waals surface area contributed by atoms with E-state index in [1.807, 2.05) is 31.5 Å². The minimum Gasteiger partial charge on any atom is -0.383 e. The standard InChI is InChI=1S/C18H20N4O3S/c1-11-15(12-6-4-5-7-14(12)22(11)2)13-10-26-18(20-13)21-17(24)16(23)19-8-9-25-3/h4-7,10H,8-9H2,1-3H3,(H,19,23)(H,20,21,24). The van der Waals surface area contributed by atoms with Crippen molar-refractivity contribution in [2.24, 2.45) is 7.05 Å². The van der Waals surface area contributed by atoms with Gasteiger partial charge in [0.2, 0.25) is 0 Å². The average Bonchev–Trinajstić information content (AvgIpc) is 3.18. The van der Waals surface area contributed by atoms with Gasteiger partial charge in [-0.25, -0.2) is 4.98 Å². The van der Waals surface area contributed by atoms with Crippen LogP contribution in [0.4, 0.5) is 5.13 Å². The van der Waals surface area contributed by atoms with Gasteiger partial charge in [0.25, 0.3) is 0 Å². The molecule has 136 valence electrons. The molecule has 0 radical (unpaired) electrons. The lowest BCUT2D eigenvalue weighted by Gasteiger charge is -2.03. The number of amides is 2. The van der Waals surface area contributed by atoms with Crippen molar-refractivity contribution in [3.8, 4) is 11.3 Å². The molecule has 0 fully saturated rings. The summed E-state index contributed by atoms with van der Waals surface area (Å²) in [5.41, 5.74) is 4.02. The number of methoxy groups -OCH3 is 1. The summed E-state index contributed by atoms with van der Waals surface area (Å²) < 4.78 is 6.95. The molecule has 2 heterocycles. The monoisotopic (exact) mass is 372 g/mol. The Kier molecular flexibility index (Phi) is 5.34. The van der Waals surface area contributed by atoms with Crippen molar-refractivity contribution in [1.82, 2.24) is 14.9 Å². The summed E-state index contributed by atoms with van der Waals surface area (Å²) in [6, 6.07) is 8.11. The fourth-order valence-electron chi connectivity index (χ4n) is 2.79. The summed E-state index contributed by atoms with van der Waals surface area (Å²) in [5.74, 6) is -1.45. The number of aryl methyl sites for hydroxylation is 1. The van der Waals surface area contributed by atoms with E-state index in [-0.39, 0.29) is 6.54 Å². The summed E-state index contributed by atoms with van der Waals surface area (Å²) in [4.78, 5) is 28.2. The number of carbonyl (C=O) groups excluding carboxylic acids is 2. The largest absolute Gasteiger partial charge is 0.383 e. The zero-order chi connectivity index (χ0) is 18.7. The summed E-state index contributed by atoms with van der Waals surface area (Å²) >= 11 is 1.29. The first-order valence-electron chi connectivity index (χ1n) is 8.11. The number of benzene rings is 1. The smallest absolute Gasteiger partial charge is 0.315 e. The Morgan fingerprint density at radius 2 is 2.04 bits per heavy atom. The van der Waals surface area contributed by atoms with Gasteiger partial charge in [0.1, 0.15) is 0 Å². The highest BCUT2D eigenvalue weighted by Gasteiger charge is 2.18. The predicted octanol–water partition coefficient (Wildman–Crippen LogP) is 2.31. The van der Waals surface area contributed by atoms with Crippen molar-refractivity contribution >= 4 is 39.2 Å². The van der Waals surface area contributed by atoms with Gasteiger partial charge in [-0.15, -0.1) is 11.3 Å². The van der Waals surface area contributed by atoms with Gasteiger partial charge in [0.05, 0.1) is 12.3 Å². The maximum absolute atomic E-state index is 11.9. The lowest BCUT2D eigenvalue weighted by atomic mass is 10.1. The van der Waals surface area contributed by atoms with E-state index in [4.69, 9.17) is 4.74 Å². The minimum absolute atomic E-state index is 0.279. The lowest BCUT2D eigenvalue weighted by Crippen LogP contribution is -2.37. The van der Waals surface area contributed by atoms with Gasteiger partial charge in [-0.1, -0.05) is 18.2 Å². The van der Waals surface area contributed by atoms with Crippen molar-refractivity contribution in [3.63, 3.8) is 0 Å². The molecule has 7 nitrogen and oxygen atoms in total. The van der Waals surface area contributed by atoms with E-state index in [2.05, 4.69) is 32.3 Å². The molecule has 0 spiro atoms. The number of thiazole rings is 1. The van der Waals surface area contributed by atoms with Crippen LogP contribution in [0.3, 0.4) is 0 Å². The van der Waals surface area contributed by atoms with Gasteiger partial charge >= 0.3 is 11.8 Å². The van der Waals surface area contributed by atoms with Gasteiger partial charge < -0.3 is 14.6 Å². The molecule has 2 aromatic heterocycles. The van der Waals surface area contributed by atoms with Crippen LogP contribution in [-0.4, -0.2) is 41.6 Å². The third kappa shape index (κ3) is 3.47. The van der Waals surface area contributed by atoms with Crippen molar-refractivity contribution in [3.05, 3.63) is 35.3 Å². The lowest BCUT2D eigenvalue weighted by molar-refractivity contribution is -0.136. The van der Waals surface area contributed by atoms with Crippen LogP contribution in [0.1, 0.15) is 5.69 Å². The van der Waals surface area contributed by atoms with E-state index in [9.17, 15) is 9.59 Å². The number of hydrogen-bond donors (Lipinski definition) is 2. The van der Waals surface area contributed by atoms with Crippen LogP contribution in [0.15, 0.2) is 29.6 Å². The summed E-state index contributed by atoms with van der Waals surface area (Å²) in [7, 11) is 3.54. The molecule has 1 aromatic carbocycles. The van der Waals surface area contributed by atoms with Crippen LogP contribution in [0, 0.1) is 6.92 Å². The van der Waals surface area contributed by atoms with Gasteiger partial charge in [-0.2, -0.15) is 0 Å². The molecule has 26 heavy (non-hydrogen) atoms. The first-order valence-corrected chi connectivity index (χ1v) is 8.99. The molecule has 2 N–H and O–H groups in total. The second-order valence-electron chi connectivity index (χ2n) is 5.78. The fraction of sp³-hybridized carbons (Fsp3) is 0.278. The highest BCUT2D eigenvalue weighted by molar-refractivity contribution is 7.14. The van der Waals surface area contributed by atoms with E-state index in [1.54, 1.807) is 0 Å². The van der Waals surface area contributed by atoms with Gasteiger partial charge in [-0.05, 0) is 13.0 Å². The molecule has 0 atom stereocenters. The molecule has 0 saturated carbocycles. The first kappa shape index (κ1) is 18.1. The van der Waals surface area contributed by atoms with Gasteiger partial charge in [0.15, 0.2) is 5.13 Å². The third-order valence-corrected chi connectivity index (χ3v) is 4.94. The molecule has 3 rings (SSSR count). The van der Waals surface area contributed by atoms with Crippen molar-refractivity contribution in [2.75, 3.05) is 25.6 Å². The first-order chi connectivity index (χ1) is 12.5. The normalized spacial score (nSPS) is 10.9. The van der Waals surface area contributed by atoms with Crippen LogP contribution in [0.25, 0.3) is 22.2 Å². The van der Waals surface area contributed by atoms with Gasteiger partial charge in [0, 0.05) is 48.2 Å². The molecule has 0 unspecified atom stereocenters. The number of carbonyl (C=O) groups is 2. The molecule has 0 aliphatic heterocycles. The SMILES string of the molecule is COCCNC(=O)C(=O)Nc1nc(-c2c(C)n(C)c3ccccc23)cs1. The van der Waals surface area contributed by atoms with Crippen LogP contribution in [0.2, 0.25) is 0 Å². The average molecular weight is 372 g/mol. The number of anilines is 1. The second kappa shape index (κ2) is 7.67. The predicted molar refractivity (Wildman–Crippen MR) is 102 cm³/mol. The summed E-state index contributed by atoms with van der Waals surface area (Å²) in [6.07, 6.45) is 0. The zero-order valence-corrected chi connectivity index (χ0v) is 15.6. The van der Waals surface area contributed by atoms with Crippen LogP contribution >= 0.6 is 11.3 Å². The number of fused-ring (bicyclic) bond motifs is 1. The van der Waals surface area contributed by atoms with Crippen LogP contribution in [-0.2, 0) is 21.4 Å². The number of nitrogens with one attached hydrogen (secondary N) is 2. The second-order valence-corrected chi connectivity index (χ2v) is 6.64. The Bertz CT molecular complexity index is 961. The zero-order valence-electron chi connectivity index (χ0n) is 14.8. The molecule has 2 amide bonds. The molecule has 0 bridgehead atoms. The maximum atomic E-state index is 11.9. The molecule has 0 aliphatic carbocycles. The quantitative estimate of drug-likeness (QED) is 0.532. The topological polar surface area (TPSA) is 85.2 Å². The Morgan fingerprint density at radius 1 is 1.27 bits per heavy atom. The number of hydrogen-bond acceptors (Lipinski definition) is 5. The Hall–Kier alpha value is -2.71. The van der Waals surface area contributed by atoms with E-state index < -0.39 is 11.8 Å². The van der Waals surface area contributed by atoms with Crippen molar-refractivity contribution < 1.29 is 14.3 Å². The maximum Gasteiger partial charge on any atom is 0.315 e. The highest BCUT2D eigenvalue weighted by Crippen LogP contribution is 2.35. The third-order valence-electron chi connectivity index (χ3n) is 4.18. The Morgan fingerprint density at radius 3 is 2.81 bits per heavy atom. The summed E-state index contributed by atoms with van der Waals surface area (Å²) in [6.45, 7) is 2.66. The van der Waals surface area contributed by atoms with Gasteiger partial charge in [-0.3, -0.25) is 14.9 Å². The van der Waals surface area contributed by atoms with Crippen LogP contribution in [0.5, 0.6) is 0 Å². The van der Waals surface area contributed by atoms with E-state index in [0.29, 0.717) is 11.7 Å². The van der Waals surface area contributed by atoms with E-state index in [1.165, 1.54) is 18.4 Å². The number of aromatic nitrogens is 2. The van der Waals surface area contributed by atoms with Crippen molar-refractivity contribution in [1.29, 1.82) is 0 Å². The number of nitrogens with zero attached hydrogens (tertiary/aromatic N) is 2. The van der Waals surface area contributed by atoms with E-state index in [0.717, 1.165) is 27.9 Å². The molecular formula is C18H20N4O3S. The highest BCUT2D eigenvalue weighted by atomic mass is 32.1. The number of rotatable bonds is 5. The van der Waals surface area contributed by atoms with Crippen molar-refractivity contribution in [2.45, 2.75) is 6.92 Å². The fourth-order valence-corrected chi connectivity index (χ4v) is 3.49.